The van der Waals surface area contributed by atoms with Gasteiger partial charge in [0.1, 0.15) is 17.9 Å². The van der Waals surface area contributed by atoms with Gasteiger partial charge < -0.3 is 25.8 Å². The Morgan fingerprint density at radius 1 is 1.44 bits per heavy atom. The standard InChI is InChI=1S/C19H31N3O3/c1-5-15(10-20)25-16-7-6-13-8-14(11-23)21-19(24)18(12(2)3)22(4)17(13)9-16/h6-7,9,12,14-15,18,23H,5,8,10-11,20H2,1-4H3,(H,21,24)/t14-,15+,18-/m0/s1. The third-order valence-corrected chi connectivity index (χ3v) is 4.81. The van der Waals surface area contributed by atoms with Gasteiger partial charge >= 0.3 is 0 Å². The molecule has 0 saturated carbocycles. The van der Waals surface area contributed by atoms with Crippen LogP contribution in [0.5, 0.6) is 5.75 Å². The summed E-state index contributed by atoms with van der Waals surface area (Å²) in [7, 11) is 1.94. The van der Waals surface area contributed by atoms with E-state index in [2.05, 4.69) is 5.32 Å². The van der Waals surface area contributed by atoms with Crippen LogP contribution < -0.4 is 20.7 Å². The minimum absolute atomic E-state index is 0.0219. The summed E-state index contributed by atoms with van der Waals surface area (Å²) in [6.07, 6.45) is 1.40. The maximum atomic E-state index is 12.6. The molecule has 1 aliphatic rings. The molecule has 1 amide bonds. The van der Waals surface area contributed by atoms with Crippen molar-refractivity contribution in [2.75, 3.05) is 25.1 Å². The van der Waals surface area contributed by atoms with Gasteiger partial charge in [-0.3, -0.25) is 4.79 Å². The highest BCUT2D eigenvalue weighted by Crippen LogP contribution is 2.31. The Balaban J connectivity index is 2.42. The van der Waals surface area contributed by atoms with Gasteiger partial charge in [0.05, 0.1) is 12.6 Å². The summed E-state index contributed by atoms with van der Waals surface area (Å²) < 4.78 is 5.97. The Morgan fingerprint density at radius 2 is 2.16 bits per heavy atom. The highest BCUT2D eigenvalue weighted by Gasteiger charge is 2.32. The monoisotopic (exact) mass is 349 g/mol. The Morgan fingerprint density at radius 3 is 2.72 bits per heavy atom. The van der Waals surface area contributed by atoms with Crippen LogP contribution in [0.2, 0.25) is 0 Å². The average Bonchev–Trinajstić information content (AvgIpc) is 2.58. The molecular formula is C19H31N3O3. The Hall–Kier alpha value is -1.79. The summed E-state index contributed by atoms with van der Waals surface area (Å²) in [5, 5.41) is 12.6. The first kappa shape index (κ1) is 19.5. The molecule has 1 heterocycles. The first-order valence-corrected chi connectivity index (χ1v) is 9.04. The van der Waals surface area contributed by atoms with Crippen molar-refractivity contribution in [1.29, 1.82) is 0 Å². The first-order chi connectivity index (χ1) is 11.9. The third kappa shape index (κ3) is 4.44. The van der Waals surface area contributed by atoms with Gasteiger partial charge in [0.15, 0.2) is 0 Å². The molecule has 0 bridgehead atoms. The minimum Gasteiger partial charge on any atom is -0.489 e. The third-order valence-electron chi connectivity index (χ3n) is 4.81. The quantitative estimate of drug-likeness (QED) is 0.720. The number of hydrogen-bond donors (Lipinski definition) is 3. The molecular weight excluding hydrogens is 318 g/mol. The lowest BCUT2D eigenvalue weighted by molar-refractivity contribution is -0.124. The number of carbonyl (C=O) groups excluding carboxylic acids is 1. The van der Waals surface area contributed by atoms with Crippen molar-refractivity contribution < 1.29 is 14.6 Å². The molecule has 0 aliphatic carbocycles. The van der Waals surface area contributed by atoms with E-state index in [-0.39, 0.29) is 36.6 Å². The fraction of sp³-hybridized carbons (Fsp3) is 0.632. The summed E-state index contributed by atoms with van der Waals surface area (Å²) in [5.74, 6) is 0.834. The van der Waals surface area contributed by atoms with E-state index in [1.807, 2.05) is 50.9 Å². The van der Waals surface area contributed by atoms with E-state index >= 15 is 0 Å². The molecule has 0 spiro atoms. The number of aliphatic hydroxyl groups is 1. The maximum absolute atomic E-state index is 12.6. The number of likely N-dealkylation sites (N-methyl/N-ethyl adjacent to an activating group) is 1. The molecule has 1 aromatic rings. The Bertz CT molecular complexity index is 587. The molecule has 3 atom stereocenters. The number of benzene rings is 1. The molecule has 1 aromatic carbocycles. The van der Waals surface area contributed by atoms with Crippen molar-refractivity contribution in [3.05, 3.63) is 23.8 Å². The van der Waals surface area contributed by atoms with Gasteiger partial charge in [-0.25, -0.2) is 0 Å². The van der Waals surface area contributed by atoms with Crippen LogP contribution in [0.25, 0.3) is 0 Å². The lowest BCUT2D eigenvalue weighted by Crippen LogP contribution is -2.54. The molecule has 140 valence electrons. The van der Waals surface area contributed by atoms with Gasteiger partial charge in [-0.15, -0.1) is 0 Å². The van der Waals surface area contributed by atoms with Gasteiger partial charge in [0.25, 0.3) is 0 Å². The zero-order chi connectivity index (χ0) is 18.6. The van der Waals surface area contributed by atoms with Crippen LogP contribution in [0.1, 0.15) is 32.8 Å². The topological polar surface area (TPSA) is 87.8 Å². The predicted octanol–water partition coefficient (Wildman–Crippen LogP) is 1.30. The van der Waals surface area contributed by atoms with Gasteiger partial charge in [-0.05, 0) is 30.4 Å². The average molecular weight is 349 g/mol. The molecule has 0 fully saturated rings. The van der Waals surface area contributed by atoms with E-state index < -0.39 is 0 Å². The van der Waals surface area contributed by atoms with Gasteiger partial charge in [-0.2, -0.15) is 0 Å². The molecule has 0 radical (unpaired) electrons. The Kier molecular flexibility index (Phi) is 6.67. The van der Waals surface area contributed by atoms with Crippen LogP contribution in [0, 0.1) is 5.92 Å². The van der Waals surface area contributed by atoms with Crippen molar-refractivity contribution in [2.45, 2.75) is 51.8 Å². The number of carbonyl (C=O) groups is 1. The van der Waals surface area contributed by atoms with Crippen molar-refractivity contribution in [1.82, 2.24) is 5.32 Å². The van der Waals surface area contributed by atoms with Crippen molar-refractivity contribution >= 4 is 11.6 Å². The first-order valence-electron chi connectivity index (χ1n) is 9.04. The van der Waals surface area contributed by atoms with Gasteiger partial charge in [-0.1, -0.05) is 26.8 Å². The predicted molar refractivity (Wildman–Crippen MR) is 100.0 cm³/mol. The molecule has 4 N–H and O–H groups in total. The molecule has 1 aliphatic heterocycles. The normalized spacial score (nSPS) is 22.0. The zero-order valence-corrected chi connectivity index (χ0v) is 15.7. The zero-order valence-electron chi connectivity index (χ0n) is 15.7. The van der Waals surface area contributed by atoms with Gasteiger partial charge in [0.2, 0.25) is 5.91 Å². The van der Waals surface area contributed by atoms with Crippen LogP contribution in [-0.2, 0) is 11.2 Å². The molecule has 2 rings (SSSR count). The maximum Gasteiger partial charge on any atom is 0.243 e. The summed E-state index contributed by atoms with van der Waals surface area (Å²) in [4.78, 5) is 14.7. The Labute approximate surface area is 150 Å². The van der Waals surface area contributed by atoms with Crippen LogP contribution in [-0.4, -0.2) is 49.4 Å². The molecule has 0 saturated heterocycles. The van der Waals surface area contributed by atoms with E-state index in [4.69, 9.17) is 10.5 Å². The van der Waals surface area contributed by atoms with Crippen LogP contribution in [0.4, 0.5) is 5.69 Å². The van der Waals surface area contributed by atoms with E-state index in [1.54, 1.807) is 0 Å². The summed E-state index contributed by atoms with van der Waals surface area (Å²) in [6.45, 7) is 6.48. The van der Waals surface area contributed by atoms with Crippen LogP contribution in [0.15, 0.2) is 18.2 Å². The fourth-order valence-electron chi connectivity index (χ4n) is 3.40. The second kappa shape index (κ2) is 8.54. The second-order valence-electron chi connectivity index (χ2n) is 7.07. The minimum atomic E-state index is -0.306. The number of nitrogens with two attached hydrogens (primary N) is 1. The van der Waals surface area contributed by atoms with Crippen molar-refractivity contribution in [3.8, 4) is 5.75 Å². The van der Waals surface area contributed by atoms with Crippen molar-refractivity contribution in [3.63, 3.8) is 0 Å². The number of nitrogens with zero attached hydrogens (tertiary/aromatic N) is 1. The summed E-state index contributed by atoms with van der Waals surface area (Å²) in [6, 6.07) is 5.35. The smallest absolute Gasteiger partial charge is 0.243 e. The van der Waals surface area contributed by atoms with Crippen molar-refractivity contribution in [2.24, 2.45) is 11.7 Å². The molecule has 25 heavy (non-hydrogen) atoms. The highest BCUT2D eigenvalue weighted by molar-refractivity contribution is 5.86. The summed E-state index contributed by atoms with van der Waals surface area (Å²) in [5.41, 5.74) is 7.79. The lowest BCUT2D eigenvalue weighted by atomic mass is 9.95. The molecule has 0 aromatic heterocycles. The number of anilines is 1. The number of aliphatic hydroxyl groups excluding tert-OH is 1. The number of hydrogen-bond acceptors (Lipinski definition) is 5. The number of fused-ring (bicyclic) bond motifs is 1. The summed E-state index contributed by atoms with van der Waals surface area (Å²) >= 11 is 0. The number of ether oxygens (including phenoxy) is 1. The molecule has 0 unspecified atom stereocenters. The largest absolute Gasteiger partial charge is 0.489 e. The number of nitrogens with one attached hydrogen (secondary N) is 1. The number of rotatable bonds is 6. The number of amides is 1. The SMILES string of the molecule is CC[C@H](CN)Oc1ccc2c(c1)N(C)[C@@H](C(C)C)C(=O)N[C@H](CO)C2. The molecule has 6 heteroatoms. The van der Waals surface area contributed by atoms with E-state index in [9.17, 15) is 9.90 Å². The highest BCUT2D eigenvalue weighted by atomic mass is 16.5. The lowest BCUT2D eigenvalue weighted by Gasteiger charge is -2.37. The van der Waals surface area contributed by atoms with E-state index in [0.717, 1.165) is 23.4 Å². The fourth-order valence-corrected chi connectivity index (χ4v) is 3.40. The van der Waals surface area contributed by atoms with Crippen LogP contribution >= 0.6 is 0 Å². The van der Waals surface area contributed by atoms with Gasteiger partial charge in [0, 0.05) is 25.3 Å². The molecule has 6 nitrogen and oxygen atoms in total. The van der Waals surface area contributed by atoms with E-state index in [0.29, 0.717) is 13.0 Å². The van der Waals surface area contributed by atoms with Crippen LogP contribution in [0.3, 0.4) is 0 Å². The second-order valence-corrected chi connectivity index (χ2v) is 7.07. The van der Waals surface area contributed by atoms with E-state index in [1.165, 1.54) is 0 Å².